The second-order valence-electron chi connectivity index (χ2n) is 6.42. The van der Waals surface area contributed by atoms with E-state index in [4.69, 9.17) is 4.84 Å². The maximum absolute atomic E-state index is 5.65. The van der Waals surface area contributed by atoms with E-state index >= 15 is 0 Å². The number of rotatable bonds is 4. The van der Waals surface area contributed by atoms with Crippen molar-refractivity contribution in [1.29, 1.82) is 0 Å². The van der Waals surface area contributed by atoms with Gasteiger partial charge in [-0.25, -0.2) is 0 Å². The molecule has 5 heteroatoms. The zero-order valence-electron chi connectivity index (χ0n) is 13.2. The van der Waals surface area contributed by atoms with Gasteiger partial charge in [0.2, 0.25) is 0 Å². The van der Waals surface area contributed by atoms with Crippen LogP contribution >= 0.6 is 0 Å². The molecule has 23 heavy (non-hydrogen) atoms. The van der Waals surface area contributed by atoms with Crippen molar-refractivity contribution in [2.45, 2.75) is 31.3 Å². The van der Waals surface area contributed by atoms with Crippen LogP contribution in [0.1, 0.15) is 36.4 Å². The first-order valence-corrected chi connectivity index (χ1v) is 8.38. The predicted octanol–water partition coefficient (Wildman–Crippen LogP) is 2.78. The van der Waals surface area contributed by atoms with Crippen molar-refractivity contribution in [1.82, 2.24) is 15.1 Å². The Bertz CT molecular complexity index is 645. The molecule has 0 aliphatic carbocycles. The Labute approximate surface area is 136 Å². The number of oxime groups is 1. The van der Waals surface area contributed by atoms with E-state index in [0.29, 0.717) is 5.92 Å². The molecule has 1 aromatic heterocycles. The largest absolute Gasteiger partial charge is 0.390 e. The molecule has 5 nitrogen and oxygen atoms in total. The summed E-state index contributed by atoms with van der Waals surface area (Å²) in [5.74, 6) is 0.620. The Balaban J connectivity index is 1.27. The summed E-state index contributed by atoms with van der Waals surface area (Å²) in [6.07, 6.45) is 5.30. The minimum atomic E-state index is 0.189. The number of piperidine rings is 1. The second kappa shape index (κ2) is 6.54. The first kappa shape index (κ1) is 14.5. The highest BCUT2D eigenvalue weighted by molar-refractivity contribution is 6.01. The summed E-state index contributed by atoms with van der Waals surface area (Å²) in [5, 5.41) is 11.5. The molecule has 2 aliphatic rings. The molecule has 1 saturated heterocycles. The van der Waals surface area contributed by atoms with Gasteiger partial charge in [0.15, 0.2) is 0 Å². The van der Waals surface area contributed by atoms with Crippen LogP contribution in [0.4, 0.5) is 0 Å². The van der Waals surface area contributed by atoms with Gasteiger partial charge in [0.05, 0.1) is 5.71 Å². The molecule has 1 aromatic carbocycles. The number of nitrogens with one attached hydrogen (secondary N) is 1. The first-order valence-electron chi connectivity index (χ1n) is 8.38. The van der Waals surface area contributed by atoms with Crippen molar-refractivity contribution >= 4 is 5.71 Å². The zero-order valence-corrected chi connectivity index (χ0v) is 13.2. The van der Waals surface area contributed by atoms with Crippen LogP contribution < -0.4 is 0 Å². The number of nitrogens with zero attached hydrogens (tertiary/aromatic N) is 3. The summed E-state index contributed by atoms with van der Waals surface area (Å²) in [6, 6.07) is 12.4. The summed E-state index contributed by atoms with van der Waals surface area (Å²) >= 11 is 0. The number of aromatic nitrogens is 2. The Kier molecular flexibility index (Phi) is 4.11. The number of H-pyrrole nitrogens is 1. The smallest absolute Gasteiger partial charge is 0.145 e. The summed E-state index contributed by atoms with van der Waals surface area (Å²) in [6.45, 7) is 3.20. The summed E-state index contributed by atoms with van der Waals surface area (Å²) < 4.78 is 0. The van der Waals surface area contributed by atoms with E-state index in [9.17, 15) is 0 Å². The molecule has 0 amide bonds. The Hall–Kier alpha value is -2.14. The van der Waals surface area contributed by atoms with Crippen molar-refractivity contribution < 1.29 is 4.84 Å². The van der Waals surface area contributed by atoms with E-state index in [0.717, 1.165) is 31.8 Å². The number of hydrogen-bond acceptors (Lipinski definition) is 4. The fraction of sp³-hybridized carbons (Fsp3) is 0.444. The highest BCUT2D eigenvalue weighted by Gasteiger charge is 2.27. The van der Waals surface area contributed by atoms with E-state index < -0.39 is 0 Å². The zero-order chi connectivity index (χ0) is 15.5. The minimum Gasteiger partial charge on any atom is -0.390 e. The lowest BCUT2D eigenvalue weighted by Gasteiger charge is -2.32. The topological polar surface area (TPSA) is 53.5 Å². The highest BCUT2D eigenvalue weighted by atomic mass is 16.6. The average Bonchev–Trinajstić information content (AvgIpc) is 3.28. The van der Waals surface area contributed by atoms with E-state index in [1.807, 2.05) is 24.4 Å². The third kappa shape index (κ3) is 3.29. The molecule has 0 spiro atoms. The highest BCUT2D eigenvalue weighted by Crippen LogP contribution is 2.27. The molecular formula is C18H22N4O. The van der Waals surface area contributed by atoms with Crippen molar-refractivity contribution in [3.8, 4) is 0 Å². The van der Waals surface area contributed by atoms with Gasteiger partial charge in [0.25, 0.3) is 0 Å². The molecule has 2 aliphatic heterocycles. The maximum atomic E-state index is 5.65. The summed E-state index contributed by atoms with van der Waals surface area (Å²) in [5.41, 5.74) is 3.52. The number of hydrogen-bond donors (Lipinski definition) is 1. The molecule has 3 heterocycles. The third-order valence-electron chi connectivity index (χ3n) is 4.85. The molecule has 0 saturated carbocycles. The van der Waals surface area contributed by atoms with Crippen LogP contribution in [0.5, 0.6) is 0 Å². The lowest BCUT2D eigenvalue weighted by Crippen LogP contribution is -2.38. The lowest BCUT2D eigenvalue weighted by atomic mass is 9.93. The van der Waals surface area contributed by atoms with Crippen LogP contribution in [0.2, 0.25) is 0 Å². The molecule has 1 unspecified atom stereocenters. The SMILES string of the molecule is c1ccc(C2=NOC(CN3CCC(c4ccn[nH]4)CC3)C2)cc1. The van der Waals surface area contributed by atoms with Gasteiger partial charge in [-0.15, -0.1) is 0 Å². The molecule has 1 N–H and O–H groups in total. The molecular weight excluding hydrogens is 288 g/mol. The monoisotopic (exact) mass is 310 g/mol. The van der Waals surface area contributed by atoms with Gasteiger partial charge in [-0.1, -0.05) is 35.5 Å². The Morgan fingerprint density at radius 3 is 2.70 bits per heavy atom. The molecule has 2 aromatic rings. The Morgan fingerprint density at radius 2 is 1.96 bits per heavy atom. The molecule has 0 radical (unpaired) electrons. The first-order chi connectivity index (χ1) is 11.4. The van der Waals surface area contributed by atoms with Crippen LogP contribution in [0.25, 0.3) is 0 Å². The quantitative estimate of drug-likeness (QED) is 0.945. The van der Waals surface area contributed by atoms with Gasteiger partial charge in [0.1, 0.15) is 6.10 Å². The van der Waals surface area contributed by atoms with E-state index in [1.165, 1.54) is 24.1 Å². The predicted molar refractivity (Wildman–Crippen MR) is 89.5 cm³/mol. The van der Waals surface area contributed by atoms with E-state index in [1.54, 1.807) is 0 Å². The van der Waals surface area contributed by atoms with Gasteiger partial charge in [-0.05, 0) is 37.6 Å². The van der Waals surface area contributed by atoms with Gasteiger partial charge in [-0.2, -0.15) is 5.10 Å². The van der Waals surface area contributed by atoms with Crippen molar-refractivity contribution in [3.05, 3.63) is 53.9 Å². The van der Waals surface area contributed by atoms with Crippen LogP contribution in [0, 0.1) is 0 Å². The van der Waals surface area contributed by atoms with Gasteiger partial charge in [-0.3, -0.25) is 10.00 Å². The van der Waals surface area contributed by atoms with Gasteiger partial charge < -0.3 is 4.84 Å². The Morgan fingerprint density at radius 1 is 1.13 bits per heavy atom. The second-order valence-corrected chi connectivity index (χ2v) is 6.42. The van der Waals surface area contributed by atoms with Crippen LogP contribution in [-0.2, 0) is 4.84 Å². The number of aromatic amines is 1. The van der Waals surface area contributed by atoms with Gasteiger partial charge >= 0.3 is 0 Å². The fourth-order valence-corrected chi connectivity index (χ4v) is 3.54. The average molecular weight is 310 g/mol. The lowest BCUT2D eigenvalue weighted by molar-refractivity contribution is 0.0453. The van der Waals surface area contributed by atoms with Crippen molar-refractivity contribution in [3.63, 3.8) is 0 Å². The van der Waals surface area contributed by atoms with E-state index in [2.05, 4.69) is 38.5 Å². The molecule has 1 atom stereocenters. The molecule has 0 bridgehead atoms. The van der Waals surface area contributed by atoms with Crippen molar-refractivity contribution in [2.75, 3.05) is 19.6 Å². The van der Waals surface area contributed by atoms with Crippen molar-refractivity contribution in [2.24, 2.45) is 5.16 Å². The fourth-order valence-electron chi connectivity index (χ4n) is 3.54. The number of benzene rings is 1. The van der Waals surface area contributed by atoms with Gasteiger partial charge in [0, 0.05) is 30.8 Å². The summed E-state index contributed by atoms with van der Waals surface area (Å²) in [7, 11) is 0. The third-order valence-corrected chi connectivity index (χ3v) is 4.85. The minimum absolute atomic E-state index is 0.189. The number of likely N-dealkylation sites (tertiary alicyclic amines) is 1. The van der Waals surface area contributed by atoms with Crippen LogP contribution in [0.15, 0.2) is 47.8 Å². The molecule has 4 rings (SSSR count). The standard InChI is InChI=1S/C18H22N4O/c1-2-4-14(5-3-1)18-12-16(23-21-18)13-22-10-7-15(8-11-22)17-6-9-19-20-17/h1-6,9,15-16H,7-8,10-13H2,(H,19,20). The normalized spacial score (nSPS) is 22.8. The van der Waals surface area contributed by atoms with E-state index in [-0.39, 0.29) is 6.10 Å². The van der Waals surface area contributed by atoms with Crippen LogP contribution in [-0.4, -0.2) is 46.5 Å². The molecule has 120 valence electrons. The van der Waals surface area contributed by atoms with Crippen LogP contribution in [0.3, 0.4) is 0 Å². The maximum Gasteiger partial charge on any atom is 0.145 e. The summed E-state index contributed by atoms with van der Waals surface area (Å²) in [4.78, 5) is 8.15. The molecule has 1 fully saturated rings.